The summed E-state index contributed by atoms with van der Waals surface area (Å²) < 4.78 is 2.11. The fourth-order valence-corrected chi connectivity index (χ4v) is 2.13. The molecule has 7 heteroatoms. The number of rotatable bonds is 2. The van der Waals surface area contributed by atoms with Crippen LogP contribution in [0.15, 0.2) is 0 Å². The molecule has 0 saturated carbocycles. The second-order valence-electron chi connectivity index (χ2n) is 4.78. The molecule has 20 heavy (non-hydrogen) atoms. The Balaban J connectivity index is 0.000000612. The molecule has 2 N–H and O–H groups in total. The summed E-state index contributed by atoms with van der Waals surface area (Å²) in [4.78, 5) is 26.5. The Morgan fingerprint density at radius 1 is 1.45 bits per heavy atom. The van der Waals surface area contributed by atoms with Gasteiger partial charge < -0.3 is 15.0 Å². The summed E-state index contributed by atoms with van der Waals surface area (Å²) in [5, 5.41) is 9.77. The van der Waals surface area contributed by atoms with E-state index < -0.39 is 0 Å². The van der Waals surface area contributed by atoms with Crippen LogP contribution in [0.5, 0.6) is 0 Å². The number of carbonyl (C=O) groups excluding carboxylic acids is 1. The van der Waals surface area contributed by atoms with Crippen LogP contribution in [-0.2, 0) is 23.2 Å². The zero-order valence-electron chi connectivity index (χ0n) is 12.2. The molecule has 0 spiro atoms. The van der Waals surface area contributed by atoms with Gasteiger partial charge in [0, 0.05) is 25.8 Å². The lowest BCUT2D eigenvalue weighted by atomic mass is 10.4. The van der Waals surface area contributed by atoms with E-state index in [9.17, 15) is 4.79 Å². The van der Waals surface area contributed by atoms with E-state index in [0.29, 0.717) is 6.54 Å². The average Bonchev–Trinajstić information content (AvgIpc) is 2.58. The van der Waals surface area contributed by atoms with Crippen molar-refractivity contribution in [3.05, 3.63) is 17.2 Å². The highest BCUT2D eigenvalue weighted by Crippen LogP contribution is 2.11. The van der Waals surface area contributed by atoms with E-state index in [4.69, 9.17) is 9.90 Å². The predicted octanol–water partition coefficient (Wildman–Crippen LogP) is 0.0596. The lowest BCUT2D eigenvalue weighted by molar-refractivity contribution is -0.123. The van der Waals surface area contributed by atoms with Crippen LogP contribution in [0.25, 0.3) is 0 Å². The van der Waals surface area contributed by atoms with Crippen molar-refractivity contribution >= 4 is 12.4 Å². The molecule has 0 atom stereocenters. The van der Waals surface area contributed by atoms with Crippen molar-refractivity contribution in [3.8, 4) is 0 Å². The number of carbonyl (C=O) groups is 2. The SMILES string of the molecule is Cc1nc(CN2CCCNC(=O)C2)n(C)c1C.O=CO. The molecule has 1 aromatic rings. The summed E-state index contributed by atoms with van der Waals surface area (Å²) >= 11 is 0. The molecule has 0 aliphatic carbocycles. The van der Waals surface area contributed by atoms with Gasteiger partial charge in [-0.2, -0.15) is 0 Å². The molecule has 1 fully saturated rings. The number of carboxylic acid groups (broad SMARTS) is 1. The smallest absolute Gasteiger partial charge is 0.290 e. The molecule has 1 aromatic heterocycles. The molecule has 112 valence electrons. The molecule has 2 heterocycles. The first kappa shape index (κ1) is 16.2. The third kappa shape index (κ3) is 4.34. The lowest BCUT2D eigenvalue weighted by Crippen LogP contribution is -2.33. The number of aryl methyl sites for hydroxylation is 1. The monoisotopic (exact) mass is 282 g/mol. The third-order valence-electron chi connectivity index (χ3n) is 3.42. The van der Waals surface area contributed by atoms with Gasteiger partial charge in [-0.1, -0.05) is 0 Å². The first-order valence-corrected chi connectivity index (χ1v) is 6.55. The van der Waals surface area contributed by atoms with E-state index in [1.807, 2.05) is 14.0 Å². The van der Waals surface area contributed by atoms with Crippen LogP contribution in [0.4, 0.5) is 0 Å². The number of nitrogens with one attached hydrogen (secondary N) is 1. The van der Waals surface area contributed by atoms with Crippen LogP contribution in [0.1, 0.15) is 23.6 Å². The molecular weight excluding hydrogens is 260 g/mol. The summed E-state index contributed by atoms with van der Waals surface area (Å²) in [7, 11) is 2.03. The van der Waals surface area contributed by atoms with Crippen molar-refractivity contribution in [2.75, 3.05) is 19.6 Å². The Morgan fingerprint density at radius 2 is 2.10 bits per heavy atom. The van der Waals surface area contributed by atoms with E-state index in [2.05, 4.69) is 26.7 Å². The molecule has 0 unspecified atom stereocenters. The van der Waals surface area contributed by atoms with Gasteiger partial charge in [-0.25, -0.2) is 4.98 Å². The van der Waals surface area contributed by atoms with Crippen molar-refractivity contribution in [1.29, 1.82) is 0 Å². The quantitative estimate of drug-likeness (QED) is 0.749. The molecule has 1 saturated heterocycles. The second-order valence-corrected chi connectivity index (χ2v) is 4.78. The fourth-order valence-electron chi connectivity index (χ4n) is 2.13. The van der Waals surface area contributed by atoms with Crippen LogP contribution >= 0.6 is 0 Å². The predicted molar refractivity (Wildman–Crippen MR) is 74.3 cm³/mol. The van der Waals surface area contributed by atoms with E-state index in [1.165, 1.54) is 5.69 Å². The van der Waals surface area contributed by atoms with Gasteiger partial charge in [-0.05, 0) is 20.3 Å². The number of hydrogen-bond acceptors (Lipinski definition) is 4. The maximum Gasteiger partial charge on any atom is 0.290 e. The van der Waals surface area contributed by atoms with Crippen molar-refractivity contribution in [1.82, 2.24) is 19.8 Å². The fraction of sp³-hybridized carbons (Fsp3) is 0.615. The van der Waals surface area contributed by atoms with Crippen LogP contribution in [0.3, 0.4) is 0 Å². The van der Waals surface area contributed by atoms with Crippen molar-refractivity contribution in [3.63, 3.8) is 0 Å². The summed E-state index contributed by atoms with van der Waals surface area (Å²) in [6.07, 6.45) is 1.01. The number of hydrogen-bond donors (Lipinski definition) is 2. The molecule has 1 aliphatic heterocycles. The summed E-state index contributed by atoms with van der Waals surface area (Å²) in [5.74, 6) is 1.15. The van der Waals surface area contributed by atoms with E-state index in [0.717, 1.165) is 37.6 Å². The normalized spacial score (nSPS) is 15.8. The van der Waals surface area contributed by atoms with Gasteiger partial charge in [0.2, 0.25) is 5.91 Å². The maximum atomic E-state index is 11.5. The van der Waals surface area contributed by atoms with E-state index >= 15 is 0 Å². The lowest BCUT2D eigenvalue weighted by Gasteiger charge is -2.17. The minimum Gasteiger partial charge on any atom is -0.483 e. The number of amides is 1. The zero-order chi connectivity index (χ0) is 15.1. The maximum absolute atomic E-state index is 11.5. The summed E-state index contributed by atoms with van der Waals surface area (Å²) in [6.45, 7) is 6.80. The molecule has 1 aliphatic rings. The van der Waals surface area contributed by atoms with E-state index in [1.54, 1.807) is 0 Å². The second kappa shape index (κ2) is 7.64. The van der Waals surface area contributed by atoms with Crippen molar-refractivity contribution in [2.45, 2.75) is 26.8 Å². The van der Waals surface area contributed by atoms with Crippen molar-refractivity contribution < 1.29 is 14.7 Å². The van der Waals surface area contributed by atoms with Crippen LogP contribution in [0, 0.1) is 13.8 Å². The minimum atomic E-state index is -0.250. The Kier molecular flexibility index (Phi) is 6.17. The van der Waals surface area contributed by atoms with Crippen LogP contribution in [0.2, 0.25) is 0 Å². The first-order valence-electron chi connectivity index (χ1n) is 6.55. The van der Waals surface area contributed by atoms with E-state index in [-0.39, 0.29) is 12.4 Å². The number of aromatic nitrogens is 2. The molecule has 0 radical (unpaired) electrons. The molecule has 1 amide bonds. The molecule has 7 nitrogen and oxygen atoms in total. The van der Waals surface area contributed by atoms with Gasteiger partial charge in [0.15, 0.2) is 0 Å². The van der Waals surface area contributed by atoms with Gasteiger partial charge in [0.25, 0.3) is 6.47 Å². The number of nitrogens with zero attached hydrogens (tertiary/aromatic N) is 3. The molecule has 0 bridgehead atoms. The number of imidazole rings is 1. The standard InChI is InChI=1S/C12H20N4O.CH2O2/c1-9-10(2)15(3)11(14-9)7-16-6-4-5-13-12(17)8-16;2-1-3/h4-8H2,1-3H3,(H,13,17);1H,(H,2,3). The Hall–Kier alpha value is -1.89. The average molecular weight is 282 g/mol. The first-order chi connectivity index (χ1) is 9.49. The molecular formula is C13H22N4O3. The van der Waals surface area contributed by atoms with Gasteiger partial charge >= 0.3 is 0 Å². The van der Waals surface area contributed by atoms with Crippen LogP contribution in [-0.4, -0.2) is 51.6 Å². The Morgan fingerprint density at radius 3 is 2.65 bits per heavy atom. The van der Waals surface area contributed by atoms with Gasteiger partial charge in [0.05, 0.1) is 18.8 Å². The van der Waals surface area contributed by atoms with Gasteiger partial charge in [0.1, 0.15) is 5.82 Å². The largest absolute Gasteiger partial charge is 0.483 e. The van der Waals surface area contributed by atoms with Gasteiger partial charge in [-0.15, -0.1) is 0 Å². The highest BCUT2D eigenvalue weighted by atomic mass is 16.3. The Bertz CT molecular complexity index is 470. The third-order valence-corrected chi connectivity index (χ3v) is 3.42. The highest BCUT2D eigenvalue weighted by Gasteiger charge is 2.17. The summed E-state index contributed by atoms with van der Waals surface area (Å²) in [5.41, 5.74) is 2.26. The Labute approximate surface area is 118 Å². The molecule has 2 rings (SSSR count). The highest BCUT2D eigenvalue weighted by molar-refractivity contribution is 5.78. The van der Waals surface area contributed by atoms with Gasteiger partial charge in [-0.3, -0.25) is 14.5 Å². The van der Waals surface area contributed by atoms with Crippen molar-refractivity contribution in [2.24, 2.45) is 7.05 Å². The molecule has 0 aromatic carbocycles. The van der Waals surface area contributed by atoms with Crippen LogP contribution < -0.4 is 5.32 Å². The summed E-state index contributed by atoms with van der Waals surface area (Å²) in [6, 6.07) is 0. The minimum absolute atomic E-state index is 0.116. The zero-order valence-corrected chi connectivity index (χ0v) is 12.2. The topological polar surface area (TPSA) is 87.5 Å².